The predicted octanol–water partition coefficient (Wildman–Crippen LogP) is 11.6. The Balaban J connectivity index is 0.000000451. The molecule has 0 amide bonds. The second-order valence-corrected chi connectivity index (χ2v) is 13.6. The van der Waals surface area contributed by atoms with Crippen LogP contribution >= 0.6 is 0 Å². The van der Waals surface area contributed by atoms with Crippen LogP contribution < -0.4 is 16.4 Å². The molecule has 258 valence electrons. The van der Waals surface area contributed by atoms with Gasteiger partial charge >= 0.3 is 0 Å². The molecule has 2 aromatic carbocycles. The molecule has 4 N–H and O–H groups in total. The maximum atomic E-state index is 5.36. The van der Waals surface area contributed by atoms with E-state index in [0.717, 1.165) is 19.4 Å². The highest BCUT2D eigenvalue weighted by atomic mass is 15.1. The van der Waals surface area contributed by atoms with Gasteiger partial charge in [0.15, 0.2) is 0 Å². The van der Waals surface area contributed by atoms with Crippen LogP contribution in [0.4, 0.5) is 5.69 Å². The zero-order valence-corrected chi connectivity index (χ0v) is 32.2. The number of hydrogen-bond acceptors (Lipinski definition) is 3. The van der Waals surface area contributed by atoms with Crippen LogP contribution in [0.3, 0.4) is 0 Å². The summed E-state index contributed by atoms with van der Waals surface area (Å²) < 4.78 is 0. The molecule has 1 heterocycles. The number of fused-ring (bicyclic) bond motifs is 1. The number of aryl methyl sites for hydroxylation is 1. The third-order valence-corrected chi connectivity index (χ3v) is 9.05. The monoisotopic (exact) mass is 638 g/mol. The third-order valence-electron chi connectivity index (χ3n) is 9.05. The predicted molar refractivity (Wildman–Crippen MR) is 213 cm³/mol. The van der Waals surface area contributed by atoms with E-state index in [1.807, 2.05) is 26.8 Å². The number of benzene rings is 2. The minimum atomic E-state index is 0.0465. The molecular weight excluding hydrogens is 571 g/mol. The topological polar surface area (TPSA) is 55.3 Å². The Hall–Kier alpha value is -3.56. The molecule has 2 aromatic rings. The largest absolute Gasteiger partial charge is 0.405 e. The Bertz CT molecular complexity index is 1440. The summed E-state index contributed by atoms with van der Waals surface area (Å²) in [7, 11) is 2.22. The van der Waals surface area contributed by atoms with Crippen molar-refractivity contribution >= 4 is 11.3 Å². The molecule has 47 heavy (non-hydrogen) atoms. The van der Waals surface area contributed by atoms with Gasteiger partial charge in [-0.15, -0.1) is 0 Å². The second kappa shape index (κ2) is 20.0. The average molecular weight is 638 g/mol. The molecule has 0 bridgehead atoms. The first-order valence-corrected chi connectivity index (χ1v) is 17.7. The smallest absolute Gasteiger partial charge is 0.0524 e. The van der Waals surface area contributed by atoms with Crippen molar-refractivity contribution < 1.29 is 0 Å². The molecule has 3 heteroatoms. The minimum Gasteiger partial charge on any atom is -0.405 e. The van der Waals surface area contributed by atoms with Crippen LogP contribution in [0.15, 0.2) is 102 Å². The number of rotatable bonds is 7. The van der Waals surface area contributed by atoms with Gasteiger partial charge in [-0.3, -0.25) is 0 Å². The van der Waals surface area contributed by atoms with Crippen LogP contribution in [-0.2, 0) is 11.8 Å². The van der Waals surface area contributed by atoms with Gasteiger partial charge < -0.3 is 16.4 Å². The molecule has 0 fully saturated rings. The normalized spacial score (nSPS) is 16.6. The molecule has 0 aromatic heterocycles. The number of hydrogen-bond donors (Lipinski definition) is 2. The van der Waals surface area contributed by atoms with Gasteiger partial charge in [-0.25, -0.2) is 0 Å². The van der Waals surface area contributed by atoms with Gasteiger partial charge in [-0.05, 0) is 90.7 Å². The first-order chi connectivity index (χ1) is 22.2. The number of nitrogens with zero attached hydrogens (tertiary/aromatic N) is 1. The lowest BCUT2D eigenvalue weighted by Gasteiger charge is -2.28. The first kappa shape index (κ1) is 41.5. The zero-order valence-electron chi connectivity index (χ0n) is 32.2. The second-order valence-electron chi connectivity index (χ2n) is 13.6. The van der Waals surface area contributed by atoms with E-state index in [0.29, 0.717) is 17.8 Å². The van der Waals surface area contributed by atoms with Crippen LogP contribution in [0.5, 0.6) is 0 Å². The van der Waals surface area contributed by atoms with Gasteiger partial charge in [-0.1, -0.05) is 148 Å². The van der Waals surface area contributed by atoms with Crippen molar-refractivity contribution in [2.24, 2.45) is 23.3 Å². The van der Waals surface area contributed by atoms with E-state index in [9.17, 15) is 0 Å². The highest BCUT2D eigenvalue weighted by Crippen LogP contribution is 2.44. The summed E-state index contributed by atoms with van der Waals surface area (Å²) >= 11 is 0. The Morgan fingerprint density at radius 2 is 1.70 bits per heavy atom. The van der Waals surface area contributed by atoms with E-state index >= 15 is 0 Å². The number of allylic oxidation sites excluding steroid dienone is 10. The van der Waals surface area contributed by atoms with E-state index < -0.39 is 0 Å². The quantitative estimate of drug-likeness (QED) is 0.297. The molecule has 1 unspecified atom stereocenters. The van der Waals surface area contributed by atoms with Crippen molar-refractivity contribution in [3.05, 3.63) is 130 Å². The summed E-state index contributed by atoms with van der Waals surface area (Å²) in [6.45, 7) is 31.0. The maximum Gasteiger partial charge on any atom is 0.0524 e. The molecule has 1 aliphatic carbocycles. The first-order valence-electron chi connectivity index (χ1n) is 17.7. The van der Waals surface area contributed by atoms with Crippen molar-refractivity contribution in [2.75, 3.05) is 18.5 Å². The molecule has 0 saturated heterocycles. The lowest BCUT2D eigenvalue weighted by atomic mass is 9.76. The highest BCUT2D eigenvalue weighted by Gasteiger charge is 2.29. The van der Waals surface area contributed by atoms with Crippen LogP contribution in [0.1, 0.15) is 116 Å². The van der Waals surface area contributed by atoms with E-state index in [1.165, 1.54) is 55.9 Å². The lowest BCUT2D eigenvalue weighted by Crippen LogP contribution is -2.20. The van der Waals surface area contributed by atoms with Gasteiger partial charge in [0, 0.05) is 30.1 Å². The molecular formula is C44H67N3. The van der Waals surface area contributed by atoms with Gasteiger partial charge in [0.2, 0.25) is 0 Å². The fraction of sp³-hybridized carbons (Fsp3) is 0.455. The summed E-state index contributed by atoms with van der Waals surface area (Å²) in [5, 5.41) is 0. The minimum absolute atomic E-state index is 0.0465. The summed E-state index contributed by atoms with van der Waals surface area (Å²) in [5.74, 6) is 1.66. The summed E-state index contributed by atoms with van der Waals surface area (Å²) in [6, 6.07) is 13.2. The van der Waals surface area contributed by atoms with Gasteiger partial charge in [0.1, 0.15) is 0 Å². The number of nitrogens with two attached hydrogens (primary N) is 2. The van der Waals surface area contributed by atoms with Crippen molar-refractivity contribution in [1.82, 2.24) is 0 Å². The van der Waals surface area contributed by atoms with Gasteiger partial charge in [0.25, 0.3) is 0 Å². The molecule has 2 aliphatic rings. The Morgan fingerprint density at radius 3 is 2.21 bits per heavy atom. The number of likely N-dealkylation sites (N-methyl/N-ethyl adjacent to an activating group) is 1. The summed E-state index contributed by atoms with van der Waals surface area (Å²) in [6.07, 6.45) is 17.0. The molecule has 0 saturated carbocycles. The molecule has 0 spiro atoms. The van der Waals surface area contributed by atoms with Crippen molar-refractivity contribution in [3.63, 3.8) is 0 Å². The summed E-state index contributed by atoms with van der Waals surface area (Å²) in [4.78, 5) is 2.40. The fourth-order valence-corrected chi connectivity index (χ4v) is 5.79. The molecule has 1 aliphatic heterocycles. The lowest BCUT2D eigenvalue weighted by molar-refractivity contribution is 0.619. The van der Waals surface area contributed by atoms with Crippen molar-refractivity contribution in [3.8, 4) is 0 Å². The van der Waals surface area contributed by atoms with E-state index in [2.05, 4.69) is 148 Å². The number of anilines is 1. The molecule has 1 atom stereocenters. The molecule has 0 radical (unpaired) electrons. The molecule has 3 nitrogen and oxygen atoms in total. The maximum absolute atomic E-state index is 5.36. The zero-order chi connectivity index (χ0) is 35.9. The SMILES string of the molecule is C/C(=C\C=C/N)C(C)(C)c1ccccc1C.C=C(/C=C1\Cc2c(C(C)C)ccc(C3=CCC(C)C=C3)c2N1C)C(C)C.CC.CCN. The van der Waals surface area contributed by atoms with Crippen LogP contribution in [0, 0.1) is 18.8 Å². The molecule has 4 rings (SSSR count). The van der Waals surface area contributed by atoms with Crippen LogP contribution in [0.2, 0.25) is 0 Å². The van der Waals surface area contributed by atoms with E-state index in [4.69, 9.17) is 11.5 Å². The van der Waals surface area contributed by atoms with Crippen molar-refractivity contribution in [2.45, 2.75) is 107 Å². The average Bonchev–Trinajstić information content (AvgIpc) is 3.36. The third kappa shape index (κ3) is 11.3. The van der Waals surface area contributed by atoms with Crippen LogP contribution in [0.25, 0.3) is 5.57 Å². The van der Waals surface area contributed by atoms with E-state index in [1.54, 1.807) is 6.20 Å². The van der Waals surface area contributed by atoms with Gasteiger partial charge in [-0.2, -0.15) is 0 Å². The van der Waals surface area contributed by atoms with Crippen molar-refractivity contribution in [1.29, 1.82) is 0 Å². The Morgan fingerprint density at radius 1 is 1.09 bits per heavy atom. The fourth-order valence-electron chi connectivity index (χ4n) is 5.79. The highest BCUT2D eigenvalue weighted by molar-refractivity contribution is 5.88. The van der Waals surface area contributed by atoms with Crippen LogP contribution in [-0.4, -0.2) is 13.6 Å². The van der Waals surface area contributed by atoms with Gasteiger partial charge in [0.05, 0.1) is 5.69 Å². The standard InChI is InChI=1S/C25H33N.C15H21N.C2H7N.C2H6/c1-16(2)19(6)14-21-15-24-22(17(3)4)12-13-23(25(24)26(21)7)20-10-8-18(5)9-11-20;1-12-8-5-6-10-14(12)15(3,4)13(2)9-7-11-16;1-2-3;1-2/h8,10-14,16-18H,6,9,15H2,1-5,7H3;5-11H,16H2,1-4H3;2-3H2,1H3;1-2H3/b21-14+;11-7-,13-9+;;. The summed E-state index contributed by atoms with van der Waals surface area (Å²) in [5.41, 5.74) is 23.9. The Labute approximate surface area is 289 Å². The Kier molecular flexibility index (Phi) is 17.6. The van der Waals surface area contributed by atoms with E-state index in [-0.39, 0.29) is 5.41 Å².